The smallest absolute Gasteiger partial charge is 0.872 e. The van der Waals surface area contributed by atoms with Crippen LogP contribution in [0.1, 0.15) is 33.4 Å². The molecule has 0 saturated carbocycles. The Morgan fingerprint density at radius 2 is 0.681 bits per heavy atom. The molecule has 4 rings (SSSR count). The topological polar surface area (TPSA) is 70.8 Å². The van der Waals surface area contributed by atoms with E-state index in [0.717, 1.165) is 12.4 Å². The van der Waals surface area contributed by atoms with Crippen molar-refractivity contribution in [3.05, 3.63) is 118 Å². The monoisotopic (exact) mass is 727 g/mol. The number of hydrogen-bond donors (Lipinski definition) is 0. The van der Waals surface area contributed by atoms with E-state index in [0.29, 0.717) is 24.3 Å². The van der Waals surface area contributed by atoms with Crippen molar-refractivity contribution in [2.24, 2.45) is 9.98 Å². The molecule has 4 aromatic carbocycles. The maximum absolute atomic E-state index is 12.7. The molecule has 0 aromatic heterocycles. The largest absolute Gasteiger partial charge is 2.00 e. The van der Waals surface area contributed by atoms with Crippen molar-refractivity contribution in [2.45, 2.75) is 24.7 Å². The first-order valence-electron chi connectivity index (χ1n) is 12.3. The van der Waals surface area contributed by atoms with Gasteiger partial charge in [0.2, 0.25) is 0 Å². The van der Waals surface area contributed by atoms with Crippen LogP contribution in [0.15, 0.2) is 94.9 Å². The van der Waals surface area contributed by atoms with Crippen LogP contribution >= 0.6 is 0 Å². The van der Waals surface area contributed by atoms with Crippen molar-refractivity contribution in [3.63, 3.8) is 0 Å². The summed E-state index contributed by atoms with van der Waals surface area (Å²) in [6.07, 6.45) is -17.9. The summed E-state index contributed by atoms with van der Waals surface area (Å²) < 4.78 is 152. The average molecular weight is 728 g/mol. The Morgan fingerprint density at radius 3 is 0.915 bits per heavy atom. The van der Waals surface area contributed by atoms with Crippen LogP contribution in [0.4, 0.5) is 64.1 Å². The van der Waals surface area contributed by atoms with Crippen molar-refractivity contribution in [1.82, 2.24) is 0 Å². The number of benzene rings is 4. The number of aliphatic imine (C=N–C) groups is 2. The summed E-state index contributed by atoms with van der Waals surface area (Å²) >= 11 is 0. The van der Waals surface area contributed by atoms with Crippen molar-refractivity contribution in [1.29, 1.82) is 0 Å². The molecule has 0 saturated heterocycles. The van der Waals surface area contributed by atoms with E-state index in [9.17, 15) is 62.9 Å². The second-order valence-electron chi connectivity index (χ2n) is 9.12. The molecule has 47 heavy (non-hydrogen) atoms. The van der Waals surface area contributed by atoms with Gasteiger partial charge in [-0.15, -0.1) is 11.5 Å². The summed E-state index contributed by atoms with van der Waals surface area (Å²) in [6, 6.07) is 13.0. The van der Waals surface area contributed by atoms with Crippen LogP contribution in [0.3, 0.4) is 0 Å². The van der Waals surface area contributed by atoms with Gasteiger partial charge in [-0.2, -0.15) is 52.7 Å². The Hall–Kier alpha value is -4.50. The van der Waals surface area contributed by atoms with Crippen LogP contribution in [0.25, 0.3) is 0 Å². The van der Waals surface area contributed by atoms with Gasteiger partial charge in [0.05, 0.1) is 33.6 Å². The number of alkyl halides is 12. The van der Waals surface area contributed by atoms with Crippen molar-refractivity contribution < 1.29 is 80.0 Å². The quantitative estimate of drug-likeness (QED) is 0.120. The van der Waals surface area contributed by atoms with Gasteiger partial charge >= 0.3 is 41.8 Å². The molecule has 0 N–H and O–H groups in total. The van der Waals surface area contributed by atoms with Gasteiger partial charge in [0.1, 0.15) is 0 Å². The summed E-state index contributed by atoms with van der Waals surface area (Å²) in [5, 5.41) is 22.9. The molecule has 0 aliphatic carbocycles. The first-order chi connectivity index (χ1) is 21.1. The van der Waals surface area contributed by atoms with Crippen LogP contribution in [-0.2, 0) is 41.8 Å². The van der Waals surface area contributed by atoms with Crippen molar-refractivity contribution in [3.8, 4) is 11.5 Å². The zero-order valence-electron chi connectivity index (χ0n) is 22.8. The number of hydrogen-bond acceptors (Lipinski definition) is 4. The molecular formula is C30H16CuF12N2O2. The molecule has 0 aliphatic rings. The molecule has 17 heteroatoms. The minimum absolute atomic E-state index is 0. The van der Waals surface area contributed by atoms with Gasteiger partial charge in [-0.3, -0.25) is 9.98 Å². The summed E-state index contributed by atoms with van der Waals surface area (Å²) in [7, 11) is 0. The summed E-state index contributed by atoms with van der Waals surface area (Å²) in [4.78, 5) is 7.12. The first kappa shape index (κ1) is 38.7. The van der Waals surface area contributed by atoms with E-state index in [1.165, 1.54) is 48.5 Å². The molecule has 0 spiro atoms. The number of rotatable bonds is 4. The first-order valence-corrected chi connectivity index (χ1v) is 12.3. The second-order valence-corrected chi connectivity index (χ2v) is 9.12. The Morgan fingerprint density at radius 1 is 0.426 bits per heavy atom. The fourth-order valence-electron chi connectivity index (χ4n) is 3.49. The molecule has 0 heterocycles. The van der Waals surface area contributed by atoms with Crippen molar-refractivity contribution >= 4 is 23.8 Å². The summed E-state index contributed by atoms with van der Waals surface area (Å²) in [5.74, 6) is -0.890. The van der Waals surface area contributed by atoms with Gasteiger partial charge in [-0.1, -0.05) is 48.5 Å². The fraction of sp³-hybridized carbons (Fsp3) is 0.133. The van der Waals surface area contributed by atoms with Gasteiger partial charge in [0.15, 0.2) is 0 Å². The second kappa shape index (κ2) is 14.9. The third kappa shape index (κ3) is 11.4. The van der Waals surface area contributed by atoms with Gasteiger partial charge in [-0.25, -0.2) is 0 Å². The molecule has 1 radical (unpaired) electrons. The van der Waals surface area contributed by atoms with Crippen LogP contribution in [0.5, 0.6) is 11.5 Å². The maximum atomic E-state index is 12.7. The fourth-order valence-corrected chi connectivity index (χ4v) is 3.49. The van der Waals surface area contributed by atoms with E-state index in [1.54, 1.807) is 0 Å². The van der Waals surface area contributed by atoms with Crippen LogP contribution < -0.4 is 10.2 Å². The molecule has 0 atom stereocenters. The van der Waals surface area contributed by atoms with Crippen LogP contribution in [0.2, 0.25) is 0 Å². The molecule has 0 bridgehead atoms. The predicted octanol–water partition coefficient (Wildman–Crippen LogP) is 9.09. The van der Waals surface area contributed by atoms with Crippen LogP contribution in [-0.4, -0.2) is 12.4 Å². The van der Waals surface area contributed by atoms with E-state index in [1.807, 2.05) is 0 Å². The predicted molar refractivity (Wildman–Crippen MR) is 139 cm³/mol. The van der Waals surface area contributed by atoms with E-state index in [-0.39, 0.29) is 40.3 Å². The minimum atomic E-state index is -4.94. The molecular weight excluding hydrogens is 712 g/mol. The van der Waals surface area contributed by atoms with E-state index < -0.39 is 69.8 Å². The SMILES string of the molecule is [Cu+2].[O-]c1ccccc1C=Nc1cc(C(F)(F)F)cc(C(F)(F)F)c1.[O-]c1ccccc1C=Nc1cc(C(F)(F)F)cc(C(F)(F)F)c1. The number of nitrogens with zero attached hydrogens (tertiary/aromatic N) is 2. The van der Waals surface area contributed by atoms with Gasteiger partial charge in [-0.05, 0) is 47.5 Å². The maximum Gasteiger partial charge on any atom is 2.00 e. The van der Waals surface area contributed by atoms with E-state index in [4.69, 9.17) is 0 Å². The van der Waals surface area contributed by atoms with Gasteiger partial charge in [0.25, 0.3) is 0 Å². The van der Waals surface area contributed by atoms with E-state index >= 15 is 0 Å². The molecule has 0 unspecified atom stereocenters. The molecule has 253 valence electrons. The Bertz CT molecular complexity index is 1540. The number of halogens is 12. The molecule has 0 amide bonds. The third-order valence-electron chi connectivity index (χ3n) is 5.69. The Kier molecular flexibility index (Phi) is 12.3. The van der Waals surface area contributed by atoms with Crippen LogP contribution in [0, 0.1) is 0 Å². The molecule has 4 nitrogen and oxygen atoms in total. The molecule has 0 fully saturated rings. The zero-order valence-corrected chi connectivity index (χ0v) is 23.7. The standard InChI is InChI=1S/2C15H9F6NO.Cu/c2*16-14(17,18)10-5-11(15(19,20)21)7-12(6-10)22-8-9-3-1-2-4-13(9)23;/h2*1-8,23H;/q;;+2/p-2. The normalized spacial score (nSPS) is 12.5. The van der Waals surface area contributed by atoms with E-state index in [2.05, 4.69) is 9.98 Å². The average Bonchev–Trinajstić information content (AvgIpc) is 2.94. The zero-order chi connectivity index (χ0) is 34.5. The van der Waals surface area contributed by atoms with Gasteiger partial charge in [0, 0.05) is 12.4 Å². The Balaban J connectivity index is 0.000000320. The van der Waals surface area contributed by atoms with Crippen molar-refractivity contribution in [2.75, 3.05) is 0 Å². The molecule has 4 aromatic rings. The molecule has 0 aliphatic heterocycles. The summed E-state index contributed by atoms with van der Waals surface area (Å²) in [6.45, 7) is 0. The van der Waals surface area contributed by atoms with Gasteiger partial charge < -0.3 is 10.2 Å². The third-order valence-corrected chi connectivity index (χ3v) is 5.69. The number of para-hydroxylation sites is 2. The minimum Gasteiger partial charge on any atom is -0.872 e. The summed E-state index contributed by atoms with van der Waals surface area (Å²) in [5.41, 5.74) is -6.84. The Labute approximate surface area is 268 Å².